The Kier molecular flexibility index (Phi) is 7.70. The van der Waals surface area contributed by atoms with Gasteiger partial charge in [0.2, 0.25) is 0 Å². The Labute approximate surface area is 131 Å². The van der Waals surface area contributed by atoms with Gasteiger partial charge in [0, 0.05) is 6.42 Å². The fourth-order valence-electron chi connectivity index (χ4n) is 1.38. The number of alkyl halides is 2. The molecule has 0 fully saturated rings. The van der Waals surface area contributed by atoms with Crippen LogP contribution in [0.1, 0.15) is 47.0 Å². The second-order valence-corrected chi connectivity index (χ2v) is 12.0. The average Bonchev–Trinajstić information content (AvgIpc) is 2.24. The maximum atomic E-state index is 14.2. The Morgan fingerprint density at radius 3 is 2.16 bits per heavy atom. The van der Waals surface area contributed by atoms with Crippen LogP contribution in [0.5, 0.6) is 0 Å². The molecule has 1 nitrogen and oxygen atoms in total. The van der Waals surface area contributed by atoms with Crippen molar-refractivity contribution in [1.29, 1.82) is 0 Å². The highest BCUT2D eigenvalue weighted by Gasteiger charge is 2.45. The van der Waals surface area contributed by atoms with E-state index in [9.17, 15) is 8.78 Å². The molecule has 0 spiro atoms. The van der Waals surface area contributed by atoms with Crippen LogP contribution in [0.25, 0.3) is 0 Å². The van der Waals surface area contributed by atoms with Gasteiger partial charge in [-0.2, -0.15) is 0 Å². The van der Waals surface area contributed by atoms with E-state index in [-0.39, 0.29) is 11.5 Å². The van der Waals surface area contributed by atoms with Gasteiger partial charge in [-0.05, 0) is 34.7 Å². The van der Waals surface area contributed by atoms with Crippen molar-refractivity contribution >= 4 is 30.9 Å². The van der Waals surface area contributed by atoms with Crippen LogP contribution < -0.4 is 0 Å². The van der Waals surface area contributed by atoms with E-state index in [1.165, 1.54) is 6.08 Å². The zero-order chi connectivity index (χ0) is 15.3. The van der Waals surface area contributed by atoms with Crippen molar-refractivity contribution in [3.63, 3.8) is 0 Å². The third-order valence-electron chi connectivity index (χ3n) is 3.76. The molecule has 19 heavy (non-hydrogen) atoms. The summed E-state index contributed by atoms with van der Waals surface area (Å²) in [4.78, 5) is 0. The van der Waals surface area contributed by atoms with E-state index in [1.54, 1.807) is 4.08 Å². The molecular formula is C14H27F2IOSi. The van der Waals surface area contributed by atoms with Gasteiger partial charge >= 0.3 is 0 Å². The minimum atomic E-state index is -2.78. The lowest BCUT2D eigenvalue weighted by Crippen LogP contribution is -2.48. The first-order chi connectivity index (χ1) is 8.48. The zero-order valence-corrected chi connectivity index (χ0v) is 16.1. The minimum Gasteiger partial charge on any atom is -0.404 e. The normalized spacial score (nSPS) is 16.1. The summed E-state index contributed by atoms with van der Waals surface area (Å²) in [6.45, 7) is 12.1. The summed E-state index contributed by atoms with van der Waals surface area (Å²) >= 11 is 1.97. The van der Waals surface area contributed by atoms with Gasteiger partial charge in [0.1, 0.15) is 6.10 Å². The molecule has 0 bridgehead atoms. The molecule has 0 N–H and O–H groups in total. The molecule has 1 atom stereocenters. The van der Waals surface area contributed by atoms with Crippen LogP contribution in [-0.4, -0.2) is 20.3 Å². The second kappa shape index (κ2) is 7.50. The van der Waals surface area contributed by atoms with Crippen molar-refractivity contribution < 1.29 is 13.2 Å². The van der Waals surface area contributed by atoms with Gasteiger partial charge in [0.25, 0.3) is 5.92 Å². The first kappa shape index (κ1) is 19.5. The van der Waals surface area contributed by atoms with Gasteiger partial charge in [-0.15, -0.1) is 0 Å². The van der Waals surface area contributed by atoms with Crippen LogP contribution in [0.4, 0.5) is 8.78 Å². The van der Waals surface area contributed by atoms with E-state index in [0.717, 1.165) is 6.42 Å². The molecule has 0 aliphatic carbocycles. The molecule has 0 aliphatic rings. The summed E-state index contributed by atoms with van der Waals surface area (Å²) in [5.41, 5.74) is 0. The van der Waals surface area contributed by atoms with Crippen molar-refractivity contribution in [2.75, 3.05) is 0 Å². The van der Waals surface area contributed by atoms with Crippen LogP contribution in [-0.2, 0) is 4.43 Å². The molecule has 0 saturated carbocycles. The van der Waals surface area contributed by atoms with E-state index < -0.39 is 20.3 Å². The van der Waals surface area contributed by atoms with Gasteiger partial charge in [-0.3, -0.25) is 0 Å². The quantitative estimate of drug-likeness (QED) is 0.365. The molecule has 0 radical (unpaired) electrons. The Balaban J connectivity index is 5.03. The topological polar surface area (TPSA) is 9.23 Å². The van der Waals surface area contributed by atoms with Crippen molar-refractivity contribution in [3.05, 3.63) is 10.2 Å². The molecule has 0 aliphatic heterocycles. The summed E-state index contributed by atoms with van der Waals surface area (Å²) < 4.78 is 36.0. The fraction of sp³-hybridized carbons (Fsp3) is 0.857. The monoisotopic (exact) mass is 404 g/mol. The Hall–Kier alpha value is 0.507. The zero-order valence-electron chi connectivity index (χ0n) is 12.9. The van der Waals surface area contributed by atoms with Crippen LogP contribution in [0.15, 0.2) is 10.2 Å². The molecule has 0 rings (SSSR count). The van der Waals surface area contributed by atoms with E-state index in [1.807, 2.05) is 42.6 Å². The predicted molar refractivity (Wildman–Crippen MR) is 89.7 cm³/mol. The van der Waals surface area contributed by atoms with Gasteiger partial charge in [-0.25, -0.2) is 8.78 Å². The minimum absolute atomic E-state index is 0.0643. The number of hydrogen-bond acceptors (Lipinski definition) is 1. The predicted octanol–water partition coefficient (Wildman–Crippen LogP) is 6.15. The Bertz CT molecular complexity index is 298. The molecule has 0 saturated heterocycles. The molecule has 0 heterocycles. The highest BCUT2D eigenvalue weighted by molar-refractivity contribution is 14.1. The third kappa shape index (κ3) is 6.21. The number of rotatable bonds is 7. The fourth-order valence-corrected chi connectivity index (χ4v) is 3.00. The van der Waals surface area contributed by atoms with E-state index in [2.05, 4.69) is 20.8 Å². The lowest BCUT2D eigenvalue weighted by Gasteiger charge is -2.40. The number of halogens is 3. The van der Waals surface area contributed by atoms with Crippen LogP contribution in [0.2, 0.25) is 18.1 Å². The SMILES string of the molecule is CCCCC(F)(F)[C@@H](/C=C/I)O[Si](C)(C)C(C)(C)C. The maximum absolute atomic E-state index is 14.2. The van der Waals surface area contributed by atoms with Gasteiger partial charge in [0.05, 0.1) is 0 Å². The molecule has 0 unspecified atom stereocenters. The lowest BCUT2D eigenvalue weighted by molar-refractivity contribution is -0.0870. The van der Waals surface area contributed by atoms with Gasteiger partial charge < -0.3 is 4.43 Å². The highest BCUT2D eigenvalue weighted by Crippen LogP contribution is 2.40. The van der Waals surface area contributed by atoms with E-state index >= 15 is 0 Å². The summed E-state index contributed by atoms with van der Waals surface area (Å²) in [6, 6.07) is 0. The number of unbranched alkanes of at least 4 members (excludes halogenated alkanes) is 1. The summed E-state index contributed by atoms with van der Waals surface area (Å²) in [5, 5.41) is -0.0643. The standard InChI is InChI=1S/C14H27F2IOSi/c1-7-8-10-14(15,16)12(9-11-17)18-19(5,6)13(2,3)4/h9,11-12H,7-8,10H2,1-6H3/b11-9+/t12-/m1/s1. The molecule has 0 aromatic carbocycles. The molecule has 114 valence electrons. The molecule has 0 aromatic heterocycles. The van der Waals surface area contributed by atoms with E-state index in [0.29, 0.717) is 6.42 Å². The van der Waals surface area contributed by atoms with Crippen LogP contribution in [0, 0.1) is 0 Å². The number of hydrogen-bond donors (Lipinski definition) is 0. The Morgan fingerprint density at radius 2 is 1.79 bits per heavy atom. The Morgan fingerprint density at radius 1 is 1.26 bits per heavy atom. The summed E-state index contributed by atoms with van der Waals surface area (Å²) in [5.74, 6) is -2.78. The van der Waals surface area contributed by atoms with E-state index in [4.69, 9.17) is 4.43 Å². The molecule has 5 heteroatoms. The van der Waals surface area contributed by atoms with Crippen LogP contribution in [0.3, 0.4) is 0 Å². The molecule has 0 aromatic rings. The van der Waals surface area contributed by atoms with Crippen molar-refractivity contribution in [2.24, 2.45) is 0 Å². The summed E-state index contributed by atoms with van der Waals surface area (Å²) in [6.07, 6.45) is 1.59. The van der Waals surface area contributed by atoms with Crippen LogP contribution >= 0.6 is 22.6 Å². The molecule has 0 amide bonds. The first-order valence-corrected chi connectivity index (χ1v) is 11.0. The lowest BCUT2D eigenvalue weighted by atomic mass is 10.1. The second-order valence-electron chi connectivity index (χ2n) is 6.48. The average molecular weight is 404 g/mol. The van der Waals surface area contributed by atoms with Crippen molar-refractivity contribution in [2.45, 2.75) is 77.1 Å². The van der Waals surface area contributed by atoms with Crippen molar-refractivity contribution in [1.82, 2.24) is 0 Å². The molecular weight excluding hydrogens is 377 g/mol. The third-order valence-corrected chi connectivity index (χ3v) is 8.63. The first-order valence-electron chi connectivity index (χ1n) is 6.80. The maximum Gasteiger partial charge on any atom is 0.276 e. The highest BCUT2D eigenvalue weighted by atomic mass is 127. The smallest absolute Gasteiger partial charge is 0.276 e. The largest absolute Gasteiger partial charge is 0.404 e. The van der Waals surface area contributed by atoms with Gasteiger partial charge in [-0.1, -0.05) is 56.7 Å². The summed E-state index contributed by atoms with van der Waals surface area (Å²) in [7, 11) is -2.19. The van der Waals surface area contributed by atoms with Gasteiger partial charge in [0.15, 0.2) is 8.32 Å². The van der Waals surface area contributed by atoms with Crippen molar-refractivity contribution in [3.8, 4) is 0 Å².